The Morgan fingerprint density at radius 1 is 1.14 bits per heavy atom. The second-order valence-electron chi connectivity index (χ2n) is 6.22. The molecule has 1 aromatic heterocycles. The van der Waals surface area contributed by atoms with Crippen LogP contribution < -0.4 is 4.90 Å². The van der Waals surface area contributed by atoms with E-state index < -0.39 is 0 Å². The number of para-hydroxylation sites is 1. The Labute approximate surface area is 168 Å². The second kappa shape index (κ2) is 9.20. The van der Waals surface area contributed by atoms with Gasteiger partial charge in [0, 0.05) is 24.8 Å². The van der Waals surface area contributed by atoms with Gasteiger partial charge in [-0.1, -0.05) is 60.3 Å². The van der Waals surface area contributed by atoms with Crippen molar-refractivity contribution in [2.45, 2.75) is 23.8 Å². The number of amides is 1. The molecule has 1 amide bonds. The van der Waals surface area contributed by atoms with Gasteiger partial charge in [-0.15, -0.1) is 10.2 Å². The fraction of sp³-hybridized carbons (Fsp3) is 0.238. The van der Waals surface area contributed by atoms with E-state index >= 15 is 0 Å². The number of nitrogens with zero attached hydrogens (tertiary/aromatic N) is 5. The Balaban J connectivity index is 1.78. The molecule has 0 radical (unpaired) electrons. The van der Waals surface area contributed by atoms with E-state index in [-0.39, 0.29) is 17.6 Å². The summed E-state index contributed by atoms with van der Waals surface area (Å²) in [6.45, 7) is 2.21. The van der Waals surface area contributed by atoms with Gasteiger partial charge in [-0.05, 0) is 19.1 Å². The molecule has 28 heavy (non-hydrogen) atoms. The van der Waals surface area contributed by atoms with Crippen molar-refractivity contribution in [1.82, 2.24) is 14.8 Å². The lowest BCUT2D eigenvalue weighted by atomic mass is 10.2. The van der Waals surface area contributed by atoms with E-state index in [1.54, 1.807) is 4.90 Å². The zero-order valence-electron chi connectivity index (χ0n) is 15.8. The number of thioether (sulfide) groups is 1. The molecule has 0 N–H and O–H groups in total. The number of hydrogen-bond donors (Lipinski definition) is 0. The highest BCUT2D eigenvalue weighted by molar-refractivity contribution is 8.00. The lowest BCUT2D eigenvalue weighted by Crippen LogP contribution is -2.37. The Kier molecular flexibility index (Phi) is 6.45. The van der Waals surface area contributed by atoms with E-state index in [9.17, 15) is 4.79 Å². The van der Waals surface area contributed by atoms with E-state index in [1.165, 1.54) is 11.8 Å². The van der Waals surface area contributed by atoms with Crippen molar-refractivity contribution in [3.8, 4) is 17.5 Å². The lowest BCUT2D eigenvalue weighted by Gasteiger charge is -2.24. The first-order chi connectivity index (χ1) is 13.6. The van der Waals surface area contributed by atoms with Crippen LogP contribution in [0.15, 0.2) is 65.8 Å². The molecule has 3 aromatic rings. The summed E-state index contributed by atoms with van der Waals surface area (Å²) in [5.74, 6) is 0.697. The molecule has 142 valence electrons. The van der Waals surface area contributed by atoms with Crippen LogP contribution in [0.2, 0.25) is 0 Å². The number of carbonyl (C=O) groups excluding carboxylic acids is 1. The van der Waals surface area contributed by atoms with Gasteiger partial charge in [0.25, 0.3) is 0 Å². The predicted octanol–water partition coefficient (Wildman–Crippen LogP) is 3.91. The number of anilines is 1. The van der Waals surface area contributed by atoms with E-state index in [2.05, 4.69) is 16.3 Å². The van der Waals surface area contributed by atoms with Crippen LogP contribution in [-0.2, 0) is 11.8 Å². The molecule has 1 atom stereocenters. The first-order valence-electron chi connectivity index (χ1n) is 8.96. The highest BCUT2D eigenvalue weighted by Crippen LogP contribution is 2.27. The number of carbonyl (C=O) groups is 1. The van der Waals surface area contributed by atoms with E-state index in [4.69, 9.17) is 5.26 Å². The third-order valence-electron chi connectivity index (χ3n) is 4.28. The van der Waals surface area contributed by atoms with Crippen LogP contribution in [0.1, 0.15) is 13.3 Å². The molecule has 0 unspecified atom stereocenters. The van der Waals surface area contributed by atoms with Crippen LogP contribution in [0.5, 0.6) is 0 Å². The fourth-order valence-corrected chi connectivity index (χ4v) is 3.70. The highest BCUT2D eigenvalue weighted by atomic mass is 32.2. The Morgan fingerprint density at radius 3 is 2.43 bits per heavy atom. The Hall–Kier alpha value is -3.11. The Morgan fingerprint density at radius 2 is 1.79 bits per heavy atom. The predicted molar refractivity (Wildman–Crippen MR) is 111 cm³/mol. The summed E-state index contributed by atoms with van der Waals surface area (Å²) in [4.78, 5) is 14.7. The minimum absolute atomic E-state index is 0.0595. The van der Waals surface area contributed by atoms with Crippen LogP contribution in [0.4, 0.5) is 5.69 Å². The third kappa shape index (κ3) is 4.41. The van der Waals surface area contributed by atoms with Crippen molar-refractivity contribution in [3.05, 3.63) is 60.7 Å². The summed E-state index contributed by atoms with van der Waals surface area (Å²) in [7, 11) is 1.90. The highest BCUT2D eigenvalue weighted by Gasteiger charge is 2.25. The van der Waals surface area contributed by atoms with Crippen molar-refractivity contribution in [2.24, 2.45) is 7.05 Å². The minimum Gasteiger partial charge on any atom is -0.310 e. The summed E-state index contributed by atoms with van der Waals surface area (Å²) in [6, 6.07) is 21.4. The first-order valence-corrected chi connectivity index (χ1v) is 9.84. The average Bonchev–Trinajstić information content (AvgIpc) is 3.09. The number of hydrogen-bond acceptors (Lipinski definition) is 5. The molecular formula is C21H21N5OS. The van der Waals surface area contributed by atoms with Gasteiger partial charge in [-0.25, -0.2) is 0 Å². The summed E-state index contributed by atoms with van der Waals surface area (Å²) < 4.78 is 1.89. The van der Waals surface area contributed by atoms with E-state index in [0.29, 0.717) is 11.7 Å². The van der Waals surface area contributed by atoms with Gasteiger partial charge in [-0.3, -0.25) is 4.79 Å². The van der Waals surface area contributed by atoms with Crippen molar-refractivity contribution in [1.29, 1.82) is 5.26 Å². The molecule has 0 aliphatic rings. The fourth-order valence-electron chi connectivity index (χ4n) is 2.82. The quantitative estimate of drug-likeness (QED) is 0.571. The summed E-state index contributed by atoms with van der Waals surface area (Å²) >= 11 is 1.37. The van der Waals surface area contributed by atoms with Gasteiger partial charge in [0.05, 0.1) is 17.7 Å². The average molecular weight is 392 g/mol. The van der Waals surface area contributed by atoms with E-state index in [0.717, 1.165) is 17.1 Å². The van der Waals surface area contributed by atoms with Crippen LogP contribution in [-0.4, -0.2) is 32.5 Å². The molecule has 0 spiro atoms. The normalized spacial score (nSPS) is 11.6. The van der Waals surface area contributed by atoms with Crippen molar-refractivity contribution < 1.29 is 4.79 Å². The monoisotopic (exact) mass is 391 g/mol. The van der Waals surface area contributed by atoms with E-state index in [1.807, 2.05) is 79.2 Å². The third-order valence-corrected chi connectivity index (χ3v) is 5.40. The molecule has 7 heteroatoms. The molecule has 0 saturated carbocycles. The molecule has 0 saturated heterocycles. The minimum atomic E-state index is -0.370. The maximum atomic E-state index is 13.1. The number of benzene rings is 2. The van der Waals surface area contributed by atoms with Gasteiger partial charge >= 0.3 is 0 Å². The SMILES string of the molecule is C[C@@H](Sc1nnc(-c2ccccc2)n1C)C(=O)N(CCC#N)c1ccccc1. The van der Waals surface area contributed by atoms with Gasteiger partial charge in [0.15, 0.2) is 11.0 Å². The molecule has 3 rings (SSSR count). The van der Waals surface area contributed by atoms with Gasteiger partial charge < -0.3 is 9.47 Å². The van der Waals surface area contributed by atoms with Gasteiger partial charge in [-0.2, -0.15) is 5.26 Å². The Bertz CT molecular complexity index is 965. The van der Waals surface area contributed by atoms with Gasteiger partial charge in [0.1, 0.15) is 0 Å². The number of aromatic nitrogens is 3. The molecule has 1 heterocycles. The second-order valence-corrected chi connectivity index (χ2v) is 7.53. The zero-order chi connectivity index (χ0) is 19.9. The van der Waals surface area contributed by atoms with Crippen molar-refractivity contribution in [3.63, 3.8) is 0 Å². The summed E-state index contributed by atoms with van der Waals surface area (Å²) in [5, 5.41) is 17.8. The standard InChI is InChI=1S/C21H21N5OS/c1-16(20(27)26(15-9-14-22)18-12-7-4-8-13-18)28-21-24-23-19(25(21)2)17-10-5-3-6-11-17/h3-8,10-13,16H,9,15H2,1-2H3/t16-/m1/s1. The molecule has 2 aromatic carbocycles. The zero-order valence-corrected chi connectivity index (χ0v) is 16.6. The van der Waals surface area contributed by atoms with Crippen molar-refractivity contribution in [2.75, 3.05) is 11.4 Å². The molecule has 0 fully saturated rings. The molecular weight excluding hydrogens is 370 g/mol. The smallest absolute Gasteiger partial charge is 0.240 e. The molecule has 0 aliphatic heterocycles. The largest absolute Gasteiger partial charge is 0.310 e. The van der Waals surface area contributed by atoms with Crippen LogP contribution in [0.25, 0.3) is 11.4 Å². The summed E-state index contributed by atoms with van der Waals surface area (Å²) in [5.41, 5.74) is 1.77. The number of nitriles is 1. The molecule has 0 aliphatic carbocycles. The van der Waals surface area contributed by atoms with Crippen LogP contribution in [0, 0.1) is 11.3 Å². The van der Waals surface area contributed by atoms with Crippen molar-refractivity contribution >= 4 is 23.4 Å². The molecule has 6 nitrogen and oxygen atoms in total. The number of rotatable bonds is 7. The van der Waals surface area contributed by atoms with Crippen LogP contribution in [0.3, 0.4) is 0 Å². The molecule has 0 bridgehead atoms. The van der Waals surface area contributed by atoms with Gasteiger partial charge in [0.2, 0.25) is 5.91 Å². The maximum absolute atomic E-state index is 13.1. The first kappa shape index (κ1) is 19.6. The van der Waals surface area contributed by atoms with Crippen LogP contribution >= 0.6 is 11.8 Å². The lowest BCUT2D eigenvalue weighted by molar-refractivity contribution is -0.117. The summed E-state index contributed by atoms with van der Waals surface area (Å²) in [6.07, 6.45) is 0.278. The maximum Gasteiger partial charge on any atom is 0.240 e. The topological polar surface area (TPSA) is 74.8 Å².